The molecule has 0 radical (unpaired) electrons. The number of hydrogen-bond acceptors (Lipinski definition) is 3. The van der Waals surface area contributed by atoms with Crippen LogP contribution in [0.2, 0.25) is 0 Å². The van der Waals surface area contributed by atoms with Gasteiger partial charge in [0.25, 0.3) is 0 Å². The van der Waals surface area contributed by atoms with Crippen LogP contribution in [0.3, 0.4) is 0 Å². The smallest absolute Gasteiger partial charge is 0.119 e. The minimum absolute atomic E-state index is 0. The van der Waals surface area contributed by atoms with E-state index in [0.29, 0.717) is 6.04 Å². The summed E-state index contributed by atoms with van der Waals surface area (Å²) in [5.41, 5.74) is 0. The molecule has 16 heavy (non-hydrogen) atoms. The van der Waals surface area contributed by atoms with E-state index in [1.165, 1.54) is 12.8 Å². The van der Waals surface area contributed by atoms with Crippen molar-refractivity contribution in [3.8, 4) is 11.5 Å². The molecular weight excluding hydrogens is 226 g/mol. The average molecular weight is 244 g/mol. The Morgan fingerprint density at radius 2 is 1.94 bits per heavy atom. The van der Waals surface area contributed by atoms with Gasteiger partial charge in [-0.2, -0.15) is 0 Å². The Labute approximate surface area is 103 Å². The third-order valence-electron chi connectivity index (χ3n) is 2.67. The lowest BCUT2D eigenvalue weighted by molar-refractivity contribution is 0.277. The first kappa shape index (κ1) is 13.1. The maximum atomic E-state index is 5.67. The zero-order valence-electron chi connectivity index (χ0n) is 9.44. The van der Waals surface area contributed by atoms with Gasteiger partial charge in [-0.25, -0.2) is 0 Å². The molecule has 1 N–H and O–H groups in total. The molecular formula is C12H18ClNO2. The van der Waals surface area contributed by atoms with Gasteiger partial charge in [0, 0.05) is 6.04 Å². The Balaban J connectivity index is 0.00000128. The molecule has 1 aromatic carbocycles. The number of methoxy groups -OCH3 is 1. The monoisotopic (exact) mass is 243 g/mol. The summed E-state index contributed by atoms with van der Waals surface area (Å²) in [6.07, 6.45) is 2.48. The van der Waals surface area contributed by atoms with Crippen LogP contribution in [0.25, 0.3) is 0 Å². The number of rotatable bonds is 4. The Kier molecular flexibility index (Phi) is 5.43. The van der Waals surface area contributed by atoms with E-state index in [-0.39, 0.29) is 12.4 Å². The van der Waals surface area contributed by atoms with E-state index in [9.17, 15) is 0 Å². The van der Waals surface area contributed by atoms with Crippen molar-refractivity contribution in [1.29, 1.82) is 0 Å². The molecule has 1 atom stereocenters. The molecule has 90 valence electrons. The first-order chi connectivity index (χ1) is 7.38. The van der Waals surface area contributed by atoms with E-state index < -0.39 is 0 Å². The lowest BCUT2D eigenvalue weighted by atomic mass is 10.2. The number of nitrogens with one attached hydrogen (secondary N) is 1. The summed E-state index contributed by atoms with van der Waals surface area (Å²) in [6, 6.07) is 8.23. The summed E-state index contributed by atoms with van der Waals surface area (Å²) in [5.74, 6) is 1.77. The van der Waals surface area contributed by atoms with Gasteiger partial charge in [0.15, 0.2) is 0 Å². The average Bonchev–Trinajstić information content (AvgIpc) is 2.80. The molecule has 0 spiro atoms. The lowest BCUT2D eigenvalue weighted by Gasteiger charge is -2.12. The second-order valence-electron chi connectivity index (χ2n) is 3.78. The van der Waals surface area contributed by atoms with Gasteiger partial charge in [-0.1, -0.05) is 0 Å². The van der Waals surface area contributed by atoms with Gasteiger partial charge in [-0.15, -0.1) is 12.4 Å². The van der Waals surface area contributed by atoms with Crippen LogP contribution in [0.4, 0.5) is 0 Å². The summed E-state index contributed by atoms with van der Waals surface area (Å²) in [5, 5.41) is 3.40. The minimum Gasteiger partial charge on any atom is -0.497 e. The highest BCUT2D eigenvalue weighted by molar-refractivity contribution is 5.85. The summed E-state index contributed by atoms with van der Waals surface area (Å²) >= 11 is 0. The Morgan fingerprint density at radius 1 is 1.25 bits per heavy atom. The molecule has 1 heterocycles. The van der Waals surface area contributed by atoms with Crippen LogP contribution in [-0.4, -0.2) is 26.3 Å². The maximum absolute atomic E-state index is 5.67. The van der Waals surface area contributed by atoms with Gasteiger partial charge >= 0.3 is 0 Å². The zero-order valence-corrected chi connectivity index (χ0v) is 10.3. The molecule has 0 bridgehead atoms. The molecule has 4 heteroatoms. The van der Waals surface area contributed by atoms with E-state index in [2.05, 4.69) is 5.32 Å². The van der Waals surface area contributed by atoms with Crippen molar-refractivity contribution in [2.24, 2.45) is 0 Å². The third kappa shape index (κ3) is 3.58. The molecule has 1 aliphatic heterocycles. The fourth-order valence-corrected chi connectivity index (χ4v) is 1.77. The molecule has 0 aliphatic carbocycles. The van der Waals surface area contributed by atoms with E-state index >= 15 is 0 Å². The molecule has 0 saturated carbocycles. The molecule has 0 aromatic heterocycles. The van der Waals surface area contributed by atoms with E-state index in [4.69, 9.17) is 9.47 Å². The summed E-state index contributed by atoms with van der Waals surface area (Å²) in [4.78, 5) is 0. The van der Waals surface area contributed by atoms with Crippen molar-refractivity contribution in [1.82, 2.24) is 5.32 Å². The van der Waals surface area contributed by atoms with Crippen molar-refractivity contribution < 1.29 is 9.47 Å². The number of ether oxygens (including phenoxy) is 2. The van der Waals surface area contributed by atoms with E-state index in [1.807, 2.05) is 24.3 Å². The summed E-state index contributed by atoms with van der Waals surface area (Å²) < 4.78 is 10.8. The van der Waals surface area contributed by atoms with Crippen molar-refractivity contribution in [3.05, 3.63) is 24.3 Å². The molecule has 2 rings (SSSR count). The molecule has 1 fully saturated rings. The standard InChI is InChI=1S/C12H17NO2.ClH/c1-14-11-4-6-12(7-5-11)15-9-10-3-2-8-13-10;/h4-7,10,13H,2-3,8-9H2,1H3;1H. The highest BCUT2D eigenvalue weighted by Crippen LogP contribution is 2.17. The molecule has 0 amide bonds. The van der Waals surface area contributed by atoms with E-state index in [1.54, 1.807) is 7.11 Å². The van der Waals surface area contributed by atoms with Gasteiger partial charge in [0.2, 0.25) is 0 Å². The number of benzene rings is 1. The second-order valence-corrected chi connectivity index (χ2v) is 3.78. The van der Waals surface area contributed by atoms with Crippen LogP contribution in [0.5, 0.6) is 11.5 Å². The van der Waals surface area contributed by atoms with Crippen molar-refractivity contribution in [2.45, 2.75) is 18.9 Å². The van der Waals surface area contributed by atoms with Gasteiger partial charge in [0.05, 0.1) is 7.11 Å². The normalized spacial score (nSPS) is 18.9. The summed E-state index contributed by atoms with van der Waals surface area (Å²) in [7, 11) is 1.66. The predicted octanol–water partition coefficient (Wildman–Crippen LogP) is 2.25. The van der Waals surface area contributed by atoms with Crippen LogP contribution in [0.15, 0.2) is 24.3 Å². The highest BCUT2D eigenvalue weighted by Gasteiger charge is 2.14. The highest BCUT2D eigenvalue weighted by atomic mass is 35.5. The first-order valence-electron chi connectivity index (χ1n) is 5.39. The van der Waals surface area contributed by atoms with Crippen molar-refractivity contribution >= 4 is 12.4 Å². The van der Waals surface area contributed by atoms with Crippen LogP contribution < -0.4 is 14.8 Å². The molecule has 3 nitrogen and oxygen atoms in total. The number of hydrogen-bond donors (Lipinski definition) is 1. The van der Waals surface area contributed by atoms with Crippen molar-refractivity contribution in [3.63, 3.8) is 0 Å². The zero-order chi connectivity index (χ0) is 10.5. The molecule has 1 unspecified atom stereocenters. The Bertz CT molecular complexity index is 296. The van der Waals surface area contributed by atoms with E-state index in [0.717, 1.165) is 24.7 Å². The Morgan fingerprint density at radius 3 is 2.50 bits per heavy atom. The van der Waals surface area contributed by atoms with Crippen LogP contribution in [0.1, 0.15) is 12.8 Å². The Hall–Kier alpha value is -0.930. The fourth-order valence-electron chi connectivity index (χ4n) is 1.77. The number of halogens is 1. The van der Waals surface area contributed by atoms with Gasteiger partial charge < -0.3 is 14.8 Å². The van der Waals surface area contributed by atoms with Crippen LogP contribution >= 0.6 is 12.4 Å². The second kappa shape index (κ2) is 6.61. The maximum Gasteiger partial charge on any atom is 0.119 e. The predicted molar refractivity (Wildman–Crippen MR) is 66.8 cm³/mol. The SMILES string of the molecule is COc1ccc(OCC2CCCN2)cc1.Cl. The van der Waals surface area contributed by atoms with Crippen LogP contribution in [-0.2, 0) is 0 Å². The topological polar surface area (TPSA) is 30.5 Å². The quantitative estimate of drug-likeness (QED) is 0.880. The summed E-state index contributed by atoms with van der Waals surface area (Å²) in [6.45, 7) is 1.88. The van der Waals surface area contributed by atoms with Gasteiger partial charge in [-0.05, 0) is 43.7 Å². The lowest BCUT2D eigenvalue weighted by Crippen LogP contribution is -2.28. The van der Waals surface area contributed by atoms with Crippen molar-refractivity contribution in [2.75, 3.05) is 20.3 Å². The molecule has 1 aromatic rings. The third-order valence-corrected chi connectivity index (χ3v) is 2.67. The minimum atomic E-state index is 0. The van der Waals surface area contributed by atoms with Crippen LogP contribution in [0, 0.1) is 0 Å². The molecule has 1 aliphatic rings. The fraction of sp³-hybridized carbons (Fsp3) is 0.500. The first-order valence-corrected chi connectivity index (χ1v) is 5.39. The van der Waals surface area contributed by atoms with Gasteiger partial charge in [-0.3, -0.25) is 0 Å². The largest absolute Gasteiger partial charge is 0.497 e. The molecule has 1 saturated heterocycles. The van der Waals surface area contributed by atoms with Gasteiger partial charge in [0.1, 0.15) is 18.1 Å².